The molecule has 0 fully saturated rings. The summed E-state index contributed by atoms with van der Waals surface area (Å²) in [5, 5.41) is 0. The molecule has 0 aliphatic rings. The van der Waals surface area contributed by atoms with E-state index < -0.39 is 9.73 Å². The highest BCUT2D eigenvalue weighted by molar-refractivity contribution is 9.10. The summed E-state index contributed by atoms with van der Waals surface area (Å²) < 4.78 is 17.9. The van der Waals surface area contributed by atoms with Crippen molar-refractivity contribution >= 4 is 25.7 Å². The van der Waals surface area contributed by atoms with Crippen LogP contribution in [0.5, 0.6) is 0 Å². The standard InChI is InChI=1S/C14H23BrN2OS/c1-4-17(5-2)12-6-11-16-19(3,18)14-9-7-13(15)8-10-14/h7-10H,4-6,11-12H2,1-3H3. The number of nitrogens with zero attached hydrogens (tertiary/aromatic N) is 2. The van der Waals surface area contributed by atoms with E-state index in [1.807, 2.05) is 24.3 Å². The van der Waals surface area contributed by atoms with E-state index >= 15 is 0 Å². The van der Waals surface area contributed by atoms with Crippen LogP contribution in [0, 0.1) is 0 Å². The summed E-state index contributed by atoms with van der Waals surface area (Å²) in [7, 11) is -2.25. The fourth-order valence-electron chi connectivity index (χ4n) is 1.83. The van der Waals surface area contributed by atoms with Gasteiger partial charge in [-0.3, -0.25) is 0 Å². The maximum absolute atomic E-state index is 12.5. The van der Waals surface area contributed by atoms with Gasteiger partial charge in [-0.05, 0) is 50.3 Å². The summed E-state index contributed by atoms with van der Waals surface area (Å²) in [5.41, 5.74) is 0. The lowest BCUT2D eigenvalue weighted by molar-refractivity contribution is 0.302. The largest absolute Gasteiger partial charge is 0.304 e. The number of hydrogen-bond donors (Lipinski definition) is 0. The summed E-state index contributed by atoms with van der Waals surface area (Å²) in [5.74, 6) is 0. The van der Waals surface area contributed by atoms with E-state index in [0.29, 0.717) is 6.54 Å². The molecule has 108 valence electrons. The van der Waals surface area contributed by atoms with Crippen molar-refractivity contribution in [3.05, 3.63) is 28.7 Å². The van der Waals surface area contributed by atoms with Crippen LogP contribution in [-0.2, 0) is 9.73 Å². The van der Waals surface area contributed by atoms with Gasteiger partial charge in [0.2, 0.25) is 0 Å². The van der Waals surface area contributed by atoms with E-state index in [9.17, 15) is 4.21 Å². The molecule has 0 aromatic heterocycles. The van der Waals surface area contributed by atoms with Crippen LogP contribution in [0.15, 0.2) is 38.0 Å². The minimum Gasteiger partial charge on any atom is -0.304 e. The molecule has 1 atom stereocenters. The first-order chi connectivity index (χ1) is 8.99. The molecule has 0 heterocycles. The van der Waals surface area contributed by atoms with Gasteiger partial charge in [0.25, 0.3) is 0 Å². The van der Waals surface area contributed by atoms with Crippen LogP contribution >= 0.6 is 15.9 Å². The highest BCUT2D eigenvalue weighted by Gasteiger charge is 2.05. The zero-order valence-corrected chi connectivity index (χ0v) is 14.3. The fraction of sp³-hybridized carbons (Fsp3) is 0.571. The quantitative estimate of drug-likeness (QED) is 0.706. The van der Waals surface area contributed by atoms with Gasteiger partial charge in [0.15, 0.2) is 0 Å². The van der Waals surface area contributed by atoms with E-state index in [4.69, 9.17) is 0 Å². The molecule has 5 heteroatoms. The third-order valence-corrected chi connectivity index (χ3v) is 5.47. The summed E-state index contributed by atoms with van der Waals surface area (Å²) in [6.07, 6.45) is 2.68. The second-order valence-electron chi connectivity index (χ2n) is 4.49. The van der Waals surface area contributed by atoms with Gasteiger partial charge in [-0.15, -0.1) is 0 Å². The van der Waals surface area contributed by atoms with Crippen LogP contribution in [0.3, 0.4) is 0 Å². The predicted molar refractivity (Wildman–Crippen MR) is 86.2 cm³/mol. The lowest BCUT2D eigenvalue weighted by atomic mass is 10.4. The van der Waals surface area contributed by atoms with Gasteiger partial charge in [0, 0.05) is 22.2 Å². The second kappa shape index (κ2) is 8.02. The van der Waals surface area contributed by atoms with Gasteiger partial charge in [0.1, 0.15) is 0 Å². The SMILES string of the molecule is CCN(CC)CCCN=S(C)(=O)c1ccc(Br)cc1. The molecule has 0 saturated carbocycles. The first kappa shape index (κ1) is 16.7. The Balaban J connectivity index is 2.60. The van der Waals surface area contributed by atoms with Crippen molar-refractivity contribution in [3.8, 4) is 0 Å². The molecular weight excluding hydrogens is 324 g/mol. The number of halogens is 1. The summed E-state index contributed by atoms with van der Waals surface area (Å²) in [6, 6.07) is 7.56. The molecule has 3 nitrogen and oxygen atoms in total. The topological polar surface area (TPSA) is 32.7 Å². The Morgan fingerprint density at radius 2 is 1.79 bits per heavy atom. The number of benzene rings is 1. The van der Waals surface area contributed by atoms with Gasteiger partial charge >= 0.3 is 0 Å². The van der Waals surface area contributed by atoms with Crippen LogP contribution in [-0.4, -0.2) is 41.5 Å². The molecule has 0 saturated heterocycles. The monoisotopic (exact) mass is 346 g/mol. The fourth-order valence-corrected chi connectivity index (χ4v) is 3.37. The Kier molecular flexibility index (Phi) is 7.04. The van der Waals surface area contributed by atoms with Crippen molar-refractivity contribution in [2.45, 2.75) is 25.2 Å². The normalized spacial score (nSPS) is 14.4. The minimum atomic E-state index is -2.25. The molecule has 0 amide bonds. The molecule has 0 radical (unpaired) electrons. The third-order valence-electron chi connectivity index (χ3n) is 3.12. The van der Waals surface area contributed by atoms with Gasteiger partial charge < -0.3 is 4.90 Å². The molecule has 1 rings (SSSR count). The Bertz CT molecular complexity index is 489. The van der Waals surface area contributed by atoms with Crippen LogP contribution in [0.2, 0.25) is 0 Å². The molecule has 0 aliphatic carbocycles. The molecule has 1 aromatic carbocycles. The van der Waals surface area contributed by atoms with E-state index in [2.05, 4.69) is 39.0 Å². The first-order valence-corrected chi connectivity index (χ1v) is 9.37. The molecular formula is C14H23BrN2OS. The minimum absolute atomic E-state index is 0.655. The van der Waals surface area contributed by atoms with Crippen molar-refractivity contribution < 1.29 is 4.21 Å². The van der Waals surface area contributed by atoms with Gasteiger partial charge in [-0.2, -0.15) is 0 Å². The third kappa shape index (κ3) is 5.63. The molecule has 0 aliphatic heterocycles. The first-order valence-electron chi connectivity index (χ1n) is 6.65. The molecule has 0 bridgehead atoms. The highest BCUT2D eigenvalue weighted by atomic mass is 79.9. The molecule has 0 spiro atoms. The second-order valence-corrected chi connectivity index (χ2v) is 7.74. The van der Waals surface area contributed by atoms with Crippen LogP contribution in [0.4, 0.5) is 0 Å². The van der Waals surface area contributed by atoms with Gasteiger partial charge in [-0.1, -0.05) is 29.8 Å². The highest BCUT2D eigenvalue weighted by Crippen LogP contribution is 2.16. The van der Waals surface area contributed by atoms with Crippen LogP contribution in [0.1, 0.15) is 20.3 Å². The zero-order valence-electron chi connectivity index (χ0n) is 11.9. The number of rotatable bonds is 7. The smallest absolute Gasteiger partial charge is 0.0723 e. The van der Waals surface area contributed by atoms with Crippen LogP contribution < -0.4 is 0 Å². The summed E-state index contributed by atoms with van der Waals surface area (Å²) in [6.45, 7) is 8.11. The molecule has 1 aromatic rings. The van der Waals surface area contributed by atoms with Gasteiger partial charge in [-0.25, -0.2) is 8.57 Å². The van der Waals surface area contributed by atoms with Crippen molar-refractivity contribution in [1.29, 1.82) is 0 Å². The molecule has 0 N–H and O–H groups in total. The number of hydrogen-bond acceptors (Lipinski definition) is 3. The van der Waals surface area contributed by atoms with E-state index in [0.717, 1.165) is 35.4 Å². The van der Waals surface area contributed by atoms with Crippen molar-refractivity contribution in [1.82, 2.24) is 4.90 Å². The molecule has 19 heavy (non-hydrogen) atoms. The Hall–Kier alpha value is -0.390. The lowest BCUT2D eigenvalue weighted by Crippen LogP contribution is -2.24. The van der Waals surface area contributed by atoms with Crippen LogP contribution in [0.25, 0.3) is 0 Å². The summed E-state index contributed by atoms with van der Waals surface area (Å²) in [4.78, 5) is 3.16. The van der Waals surface area contributed by atoms with Gasteiger partial charge in [0.05, 0.1) is 9.73 Å². The van der Waals surface area contributed by atoms with E-state index in [1.165, 1.54) is 0 Å². The van der Waals surface area contributed by atoms with Crippen molar-refractivity contribution in [2.75, 3.05) is 32.4 Å². The predicted octanol–water partition coefficient (Wildman–Crippen LogP) is 3.64. The average Bonchev–Trinajstić information content (AvgIpc) is 2.39. The van der Waals surface area contributed by atoms with Crippen molar-refractivity contribution in [2.24, 2.45) is 4.36 Å². The Morgan fingerprint density at radius 1 is 1.21 bits per heavy atom. The summed E-state index contributed by atoms with van der Waals surface area (Å²) >= 11 is 3.38. The van der Waals surface area contributed by atoms with E-state index in [1.54, 1.807) is 6.26 Å². The average molecular weight is 347 g/mol. The molecule has 1 unspecified atom stereocenters. The zero-order chi connectivity index (χ0) is 14.3. The Labute approximate surface area is 125 Å². The van der Waals surface area contributed by atoms with Crippen molar-refractivity contribution in [3.63, 3.8) is 0 Å². The lowest BCUT2D eigenvalue weighted by Gasteiger charge is -2.16. The van der Waals surface area contributed by atoms with E-state index in [-0.39, 0.29) is 0 Å². The maximum Gasteiger partial charge on any atom is 0.0723 e. The maximum atomic E-state index is 12.5. The Morgan fingerprint density at radius 3 is 2.32 bits per heavy atom.